The number of nitrogens with zero attached hydrogens (tertiary/aromatic N) is 1. The van der Waals surface area contributed by atoms with Gasteiger partial charge in [-0.3, -0.25) is 10.1 Å². The number of carboxylic acid groups (broad SMARTS) is 1. The van der Waals surface area contributed by atoms with Gasteiger partial charge in [0.25, 0.3) is 5.69 Å². The van der Waals surface area contributed by atoms with Gasteiger partial charge in [-0.1, -0.05) is 12.1 Å². The van der Waals surface area contributed by atoms with Crippen molar-refractivity contribution in [3.05, 3.63) is 58.1 Å². The van der Waals surface area contributed by atoms with Gasteiger partial charge >= 0.3 is 5.97 Å². The first-order valence-electron chi connectivity index (χ1n) is 5.69. The molecule has 2 rings (SSSR count). The fraction of sp³-hybridized carbons (Fsp3) is 0.0714. The van der Waals surface area contributed by atoms with Crippen LogP contribution in [0.5, 0.6) is 5.75 Å². The second-order valence-corrected chi connectivity index (χ2v) is 4.02. The van der Waals surface area contributed by atoms with Gasteiger partial charge in [-0.15, -0.1) is 0 Å². The molecule has 0 saturated carbocycles. The monoisotopic (exact) mass is 273 g/mol. The Kier molecular flexibility index (Phi) is 3.65. The van der Waals surface area contributed by atoms with E-state index in [0.717, 1.165) is 0 Å². The van der Waals surface area contributed by atoms with Gasteiger partial charge in [0.05, 0.1) is 29.2 Å². The maximum Gasteiger partial charge on any atom is 0.335 e. The number of hydrogen-bond donors (Lipinski definition) is 1. The second kappa shape index (κ2) is 5.40. The third-order valence-corrected chi connectivity index (χ3v) is 2.84. The van der Waals surface area contributed by atoms with Crippen LogP contribution in [0.4, 0.5) is 5.69 Å². The highest BCUT2D eigenvalue weighted by Crippen LogP contribution is 2.33. The molecule has 2 aromatic rings. The zero-order chi connectivity index (χ0) is 14.7. The molecule has 0 unspecified atom stereocenters. The van der Waals surface area contributed by atoms with E-state index in [9.17, 15) is 14.9 Å². The van der Waals surface area contributed by atoms with E-state index in [4.69, 9.17) is 9.84 Å². The van der Waals surface area contributed by atoms with E-state index < -0.39 is 10.9 Å². The zero-order valence-corrected chi connectivity index (χ0v) is 10.6. The number of aromatic carboxylic acids is 1. The van der Waals surface area contributed by atoms with Crippen LogP contribution in [0.2, 0.25) is 0 Å². The minimum absolute atomic E-state index is 0.0903. The molecule has 0 spiro atoms. The normalized spacial score (nSPS) is 10.1. The lowest BCUT2D eigenvalue weighted by molar-refractivity contribution is -0.384. The molecule has 0 atom stereocenters. The lowest BCUT2D eigenvalue weighted by atomic mass is 10.0. The molecule has 0 heterocycles. The van der Waals surface area contributed by atoms with Crippen molar-refractivity contribution in [1.29, 1.82) is 0 Å². The number of carbonyl (C=O) groups is 1. The Morgan fingerprint density at radius 3 is 2.35 bits per heavy atom. The van der Waals surface area contributed by atoms with Gasteiger partial charge in [0.15, 0.2) is 0 Å². The Labute approximate surface area is 114 Å². The van der Waals surface area contributed by atoms with Crippen molar-refractivity contribution < 1.29 is 19.6 Å². The van der Waals surface area contributed by atoms with E-state index >= 15 is 0 Å². The number of ether oxygens (including phenoxy) is 1. The summed E-state index contributed by atoms with van der Waals surface area (Å²) < 4.78 is 4.96. The largest absolute Gasteiger partial charge is 0.497 e. The van der Waals surface area contributed by atoms with E-state index in [1.165, 1.54) is 37.4 Å². The van der Waals surface area contributed by atoms with Crippen LogP contribution in [-0.2, 0) is 0 Å². The van der Waals surface area contributed by atoms with E-state index in [1.54, 1.807) is 12.1 Å². The summed E-state index contributed by atoms with van der Waals surface area (Å²) >= 11 is 0. The first-order valence-corrected chi connectivity index (χ1v) is 5.69. The van der Waals surface area contributed by atoms with Gasteiger partial charge < -0.3 is 9.84 Å². The van der Waals surface area contributed by atoms with Gasteiger partial charge in [0.1, 0.15) is 5.75 Å². The summed E-state index contributed by atoms with van der Waals surface area (Å²) in [6, 6.07) is 10.4. The van der Waals surface area contributed by atoms with Crippen molar-refractivity contribution in [3.8, 4) is 16.9 Å². The summed E-state index contributed by atoms with van der Waals surface area (Å²) in [6.45, 7) is 0. The van der Waals surface area contributed by atoms with E-state index in [0.29, 0.717) is 16.9 Å². The summed E-state index contributed by atoms with van der Waals surface area (Å²) in [5.74, 6) is -0.650. The zero-order valence-electron chi connectivity index (χ0n) is 10.6. The molecule has 20 heavy (non-hydrogen) atoms. The molecule has 0 aliphatic heterocycles. The van der Waals surface area contributed by atoms with Crippen molar-refractivity contribution in [2.24, 2.45) is 0 Å². The highest BCUT2D eigenvalue weighted by molar-refractivity contribution is 5.88. The Hall–Kier alpha value is -2.89. The van der Waals surface area contributed by atoms with E-state index in [1.807, 2.05) is 0 Å². The Morgan fingerprint density at radius 1 is 1.20 bits per heavy atom. The summed E-state index contributed by atoms with van der Waals surface area (Å²) in [5, 5.41) is 19.9. The molecule has 102 valence electrons. The molecule has 0 aromatic heterocycles. The summed E-state index contributed by atoms with van der Waals surface area (Å²) in [6.07, 6.45) is 0. The standard InChI is InChI=1S/C14H11NO5/c1-20-11-6-7-12(13(8-11)15(18)19)9-2-4-10(5-3-9)14(16)17/h2-8H,1H3,(H,16,17). The highest BCUT2D eigenvalue weighted by Gasteiger charge is 2.16. The summed E-state index contributed by atoms with van der Waals surface area (Å²) in [4.78, 5) is 21.4. The van der Waals surface area contributed by atoms with Crippen LogP contribution >= 0.6 is 0 Å². The predicted octanol–water partition coefficient (Wildman–Crippen LogP) is 2.97. The quantitative estimate of drug-likeness (QED) is 0.683. The molecule has 0 fully saturated rings. The lowest BCUT2D eigenvalue weighted by Gasteiger charge is -2.06. The molecular formula is C14H11NO5. The second-order valence-electron chi connectivity index (χ2n) is 4.02. The van der Waals surface area contributed by atoms with Crippen LogP contribution in [0.1, 0.15) is 10.4 Å². The minimum atomic E-state index is -1.04. The average Bonchev–Trinajstić information content (AvgIpc) is 2.46. The third-order valence-electron chi connectivity index (χ3n) is 2.84. The number of hydrogen-bond acceptors (Lipinski definition) is 4. The van der Waals surface area contributed by atoms with Crippen LogP contribution in [0.25, 0.3) is 11.1 Å². The summed E-state index contributed by atoms with van der Waals surface area (Å²) in [5.41, 5.74) is 1.02. The Bertz CT molecular complexity index is 664. The average molecular weight is 273 g/mol. The molecule has 0 amide bonds. The molecule has 0 aliphatic rings. The van der Waals surface area contributed by atoms with Crippen LogP contribution < -0.4 is 4.74 Å². The maximum absolute atomic E-state index is 11.1. The van der Waals surface area contributed by atoms with Gasteiger partial charge in [0, 0.05) is 0 Å². The molecule has 0 radical (unpaired) electrons. The molecule has 6 heteroatoms. The van der Waals surface area contributed by atoms with Crippen molar-refractivity contribution in [2.75, 3.05) is 7.11 Å². The lowest BCUT2D eigenvalue weighted by Crippen LogP contribution is -1.96. The molecule has 0 aliphatic carbocycles. The van der Waals surface area contributed by atoms with Crippen LogP contribution in [0.15, 0.2) is 42.5 Å². The fourth-order valence-electron chi connectivity index (χ4n) is 1.83. The van der Waals surface area contributed by atoms with E-state index in [-0.39, 0.29) is 11.3 Å². The Balaban J connectivity index is 2.51. The summed E-state index contributed by atoms with van der Waals surface area (Å²) in [7, 11) is 1.43. The van der Waals surface area contributed by atoms with Gasteiger partial charge in [-0.05, 0) is 29.8 Å². The van der Waals surface area contributed by atoms with Crippen LogP contribution in [0, 0.1) is 10.1 Å². The van der Waals surface area contributed by atoms with E-state index in [2.05, 4.69) is 0 Å². The van der Waals surface area contributed by atoms with Crippen LogP contribution in [-0.4, -0.2) is 23.1 Å². The van der Waals surface area contributed by atoms with Crippen LogP contribution in [0.3, 0.4) is 0 Å². The number of nitro groups is 1. The topological polar surface area (TPSA) is 89.7 Å². The molecule has 2 aromatic carbocycles. The smallest absolute Gasteiger partial charge is 0.335 e. The third kappa shape index (κ3) is 2.59. The van der Waals surface area contributed by atoms with Crippen molar-refractivity contribution in [2.45, 2.75) is 0 Å². The highest BCUT2D eigenvalue weighted by atomic mass is 16.6. The number of methoxy groups -OCH3 is 1. The van der Waals surface area contributed by atoms with Crippen molar-refractivity contribution >= 4 is 11.7 Å². The Morgan fingerprint density at radius 2 is 1.85 bits per heavy atom. The SMILES string of the molecule is COc1ccc(-c2ccc(C(=O)O)cc2)c([N+](=O)[O-])c1. The molecule has 0 bridgehead atoms. The van der Waals surface area contributed by atoms with Gasteiger partial charge in [0.2, 0.25) is 0 Å². The van der Waals surface area contributed by atoms with Gasteiger partial charge in [-0.25, -0.2) is 4.79 Å². The number of nitro benzene ring substituents is 1. The molecular weight excluding hydrogens is 262 g/mol. The van der Waals surface area contributed by atoms with Gasteiger partial charge in [-0.2, -0.15) is 0 Å². The predicted molar refractivity (Wildman–Crippen MR) is 72.0 cm³/mol. The fourth-order valence-corrected chi connectivity index (χ4v) is 1.83. The van der Waals surface area contributed by atoms with Crippen molar-refractivity contribution in [1.82, 2.24) is 0 Å². The maximum atomic E-state index is 11.1. The number of benzene rings is 2. The first kappa shape index (κ1) is 13.5. The molecule has 1 N–H and O–H groups in total. The molecule has 6 nitrogen and oxygen atoms in total. The minimum Gasteiger partial charge on any atom is -0.497 e. The number of rotatable bonds is 4. The first-order chi connectivity index (χ1) is 9.52. The number of carboxylic acids is 1. The van der Waals surface area contributed by atoms with Crippen molar-refractivity contribution in [3.63, 3.8) is 0 Å². The molecule has 0 saturated heterocycles.